The molecule has 0 aliphatic carbocycles. The van der Waals surface area contributed by atoms with Gasteiger partial charge in [0.15, 0.2) is 0 Å². The lowest BCUT2D eigenvalue weighted by atomic mass is 10.2. The number of nitrogens with one attached hydrogen (secondary N) is 2. The molecule has 0 aliphatic heterocycles. The molecular formula is C23H21ClN2O3. The average molecular weight is 409 g/mol. The molecule has 148 valence electrons. The molecule has 2 amide bonds. The molecule has 0 saturated carbocycles. The normalized spacial score (nSPS) is 10.8. The van der Waals surface area contributed by atoms with Crippen molar-refractivity contribution in [2.75, 3.05) is 10.6 Å². The van der Waals surface area contributed by atoms with Gasteiger partial charge in [0.05, 0.1) is 10.7 Å². The van der Waals surface area contributed by atoms with Crippen LogP contribution in [0.4, 0.5) is 11.4 Å². The Balaban J connectivity index is 1.65. The molecular weight excluding hydrogens is 388 g/mol. The molecule has 1 aromatic heterocycles. The van der Waals surface area contributed by atoms with Crippen LogP contribution in [0.3, 0.4) is 0 Å². The highest BCUT2D eigenvalue weighted by molar-refractivity contribution is 6.34. The van der Waals surface area contributed by atoms with Crippen LogP contribution in [0.1, 0.15) is 25.5 Å². The molecule has 2 aromatic carbocycles. The summed E-state index contributed by atoms with van der Waals surface area (Å²) in [5.41, 5.74) is 1.95. The third kappa shape index (κ3) is 5.83. The molecule has 0 aliphatic rings. The predicted octanol–water partition coefficient (Wildman–Crippen LogP) is 5.99. The van der Waals surface area contributed by atoms with Gasteiger partial charge in [-0.15, -0.1) is 0 Å². The Morgan fingerprint density at radius 3 is 2.59 bits per heavy atom. The first kappa shape index (κ1) is 20.4. The Morgan fingerprint density at radius 1 is 1.03 bits per heavy atom. The Kier molecular flexibility index (Phi) is 6.87. The van der Waals surface area contributed by atoms with Crippen molar-refractivity contribution in [2.45, 2.75) is 19.8 Å². The Hall–Kier alpha value is -3.31. The Morgan fingerprint density at radius 2 is 1.83 bits per heavy atom. The molecule has 0 unspecified atom stereocenters. The molecule has 2 N–H and O–H groups in total. The number of furan rings is 1. The van der Waals surface area contributed by atoms with Gasteiger partial charge in [-0.2, -0.15) is 0 Å². The summed E-state index contributed by atoms with van der Waals surface area (Å²) in [6, 6.07) is 18.3. The topological polar surface area (TPSA) is 71.3 Å². The van der Waals surface area contributed by atoms with Crippen molar-refractivity contribution < 1.29 is 14.0 Å². The largest absolute Gasteiger partial charge is 0.457 e. The first-order valence-electron chi connectivity index (χ1n) is 9.29. The number of carbonyl (C=O) groups is 2. The highest BCUT2D eigenvalue weighted by atomic mass is 35.5. The molecule has 1 heterocycles. The summed E-state index contributed by atoms with van der Waals surface area (Å²) in [6.07, 6.45) is 4.14. The van der Waals surface area contributed by atoms with Crippen molar-refractivity contribution in [3.63, 3.8) is 0 Å². The smallest absolute Gasteiger partial charge is 0.248 e. The van der Waals surface area contributed by atoms with Gasteiger partial charge < -0.3 is 15.1 Å². The first-order valence-corrected chi connectivity index (χ1v) is 9.66. The second-order valence-corrected chi connectivity index (χ2v) is 6.79. The summed E-state index contributed by atoms with van der Waals surface area (Å²) >= 11 is 6.16. The van der Waals surface area contributed by atoms with E-state index in [-0.39, 0.29) is 11.8 Å². The maximum Gasteiger partial charge on any atom is 0.248 e. The minimum atomic E-state index is -0.360. The zero-order valence-electron chi connectivity index (χ0n) is 15.9. The minimum absolute atomic E-state index is 0.0842. The van der Waals surface area contributed by atoms with E-state index in [9.17, 15) is 9.59 Å². The summed E-state index contributed by atoms with van der Waals surface area (Å²) in [7, 11) is 0. The molecule has 0 radical (unpaired) electrons. The van der Waals surface area contributed by atoms with E-state index in [4.69, 9.17) is 16.0 Å². The summed E-state index contributed by atoms with van der Waals surface area (Å²) in [5, 5.41) is 5.87. The van der Waals surface area contributed by atoms with Crippen LogP contribution in [0.15, 0.2) is 71.2 Å². The predicted molar refractivity (Wildman–Crippen MR) is 117 cm³/mol. The zero-order valence-corrected chi connectivity index (χ0v) is 16.7. The number of hydrogen-bond donors (Lipinski definition) is 2. The number of anilines is 2. The monoisotopic (exact) mass is 408 g/mol. The molecule has 3 aromatic rings. The van der Waals surface area contributed by atoms with Crippen LogP contribution < -0.4 is 10.6 Å². The van der Waals surface area contributed by atoms with E-state index in [1.165, 1.54) is 6.08 Å². The van der Waals surface area contributed by atoms with E-state index in [0.29, 0.717) is 28.6 Å². The number of rotatable bonds is 7. The Labute approximate surface area is 174 Å². The number of hydrogen-bond acceptors (Lipinski definition) is 3. The van der Waals surface area contributed by atoms with E-state index in [2.05, 4.69) is 10.6 Å². The lowest BCUT2D eigenvalue weighted by Gasteiger charge is -2.09. The van der Waals surface area contributed by atoms with Crippen LogP contribution in [-0.4, -0.2) is 11.8 Å². The second kappa shape index (κ2) is 9.75. The highest BCUT2D eigenvalue weighted by Crippen LogP contribution is 2.26. The van der Waals surface area contributed by atoms with Crippen molar-refractivity contribution in [1.82, 2.24) is 0 Å². The van der Waals surface area contributed by atoms with Crippen LogP contribution in [0, 0.1) is 0 Å². The van der Waals surface area contributed by atoms with E-state index >= 15 is 0 Å². The molecule has 6 heteroatoms. The lowest BCUT2D eigenvalue weighted by Crippen LogP contribution is -2.12. The van der Waals surface area contributed by atoms with E-state index in [0.717, 1.165) is 17.7 Å². The van der Waals surface area contributed by atoms with E-state index in [1.54, 1.807) is 30.3 Å². The van der Waals surface area contributed by atoms with Crippen LogP contribution in [0.5, 0.6) is 0 Å². The van der Waals surface area contributed by atoms with Gasteiger partial charge in [0.2, 0.25) is 11.8 Å². The lowest BCUT2D eigenvalue weighted by molar-refractivity contribution is -0.116. The fourth-order valence-electron chi connectivity index (χ4n) is 2.68. The number of benzene rings is 2. The van der Waals surface area contributed by atoms with Gasteiger partial charge >= 0.3 is 0 Å². The summed E-state index contributed by atoms with van der Waals surface area (Å²) < 4.78 is 5.74. The van der Waals surface area contributed by atoms with Crippen LogP contribution in [-0.2, 0) is 9.59 Å². The average Bonchev–Trinajstić information content (AvgIpc) is 3.19. The van der Waals surface area contributed by atoms with E-state index in [1.807, 2.05) is 43.3 Å². The first-order chi connectivity index (χ1) is 14.0. The molecule has 0 atom stereocenters. The summed E-state index contributed by atoms with van der Waals surface area (Å²) in [5.74, 6) is 0.843. The SMILES string of the molecule is CCCC(=O)Nc1ccc(Cl)c(NC(=O)/C=C/c2ccc(-c3ccccc3)o2)c1. The van der Waals surface area contributed by atoms with Crippen molar-refractivity contribution >= 4 is 40.9 Å². The van der Waals surface area contributed by atoms with E-state index < -0.39 is 0 Å². The number of carbonyl (C=O) groups excluding carboxylic acids is 2. The van der Waals surface area contributed by atoms with Gasteiger partial charge in [0, 0.05) is 23.7 Å². The molecule has 29 heavy (non-hydrogen) atoms. The molecule has 5 nitrogen and oxygen atoms in total. The molecule has 3 rings (SSSR count). The van der Waals surface area contributed by atoms with Gasteiger partial charge in [-0.3, -0.25) is 9.59 Å². The molecule has 0 fully saturated rings. The zero-order chi connectivity index (χ0) is 20.6. The van der Waals surface area contributed by atoms with Gasteiger partial charge in [-0.1, -0.05) is 48.9 Å². The van der Waals surface area contributed by atoms with Crippen molar-refractivity contribution in [3.8, 4) is 11.3 Å². The van der Waals surface area contributed by atoms with Gasteiger partial charge in [0.1, 0.15) is 11.5 Å². The third-order valence-electron chi connectivity index (χ3n) is 4.07. The maximum atomic E-state index is 12.3. The second-order valence-electron chi connectivity index (χ2n) is 6.38. The maximum absolute atomic E-state index is 12.3. The van der Waals surface area contributed by atoms with Gasteiger partial charge in [-0.05, 0) is 42.8 Å². The fourth-order valence-corrected chi connectivity index (χ4v) is 2.85. The number of amides is 2. The highest BCUT2D eigenvalue weighted by Gasteiger charge is 2.08. The molecule has 0 bridgehead atoms. The number of halogens is 1. The van der Waals surface area contributed by atoms with Crippen molar-refractivity contribution in [3.05, 3.63) is 77.5 Å². The third-order valence-corrected chi connectivity index (χ3v) is 4.40. The van der Waals surface area contributed by atoms with Crippen LogP contribution >= 0.6 is 11.6 Å². The minimum Gasteiger partial charge on any atom is -0.457 e. The molecule has 0 saturated heterocycles. The fraction of sp³-hybridized carbons (Fsp3) is 0.130. The van der Waals surface area contributed by atoms with Gasteiger partial charge in [-0.25, -0.2) is 0 Å². The standard InChI is InChI=1S/C23H21ClN2O3/c1-2-6-22(27)25-17-9-12-19(24)20(15-17)26-23(28)14-11-18-10-13-21(29-18)16-7-4-3-5-8-16/h3-5,7-15H,2,6H2,1H3,(H,25,27)(H,26,28)/b14-11+. The summed E-state index contributed by atoms with van der Waals surface area (Å²) in [6.45, 7) is 1.93. The molecule has 0 spiro atoms. The summed E-state index contributed by atoms with van der Waals surface area (Å²) in [4.78, 5) is 24.0. The van der Waals surface area contributed by atoms with Gasteiger partial charge in [0.25, 0.3) is 0 Å². The van der Waals surface area contributed by atoms with Crippen LogP contribution in [0.2, 0.25) is 5.02 Å². The quantitative estimate of drug-likeness (QED) is 0.471. The van der Waals surface area contributed by atoms with Crippen molar-refractivity contribution in [2.24, 2.45) is 0 Å². The Bertz CT molecular complexity index is 1030. The van der Waals surface area contributed by atoms with Crippen molar-refractivity contribution in [1.29, 1.82) is 0 Å². The van der Waals surface area contributed by atoms with Crippen LogP contribution in [0.25, 0.3) is 17.4 Å².